The van der Waals surface area contributed by atoms with Crippen molar-refractivity contribution in [2.24, 2.45) is 0 Å². The summed E-state index contributed by atoms with van der Waals surface area (Å²) >= 11 is 1.21. The summed E-state index contributed by atoms with van der Waals surface area (Å²) in [7, 11) is 0. The first-order valence-electron chi connectivity index (χ1n) is 13.2. The van der Waals surface area contributed by atoms with Crippen LogP contribution < -0.4 is 4.74 Å². The first kappa shape index (κ1) is 27.9. The van der Waals surface area contributed by atoms with Gasteiger partial charge in [0.05, 0.1) is 40.3 Å². The van der Waals surface area contributed by atoms with Crippen LogP contribution in [0.4, 0.5) is 13.2 Å². The number of hydrogen-bond donors (Lipinski definition) is 3. The molecule has 0 amide bonds. The quantitative estimate of drug-likeness (QED) is 0.163. The summed E-state index contributed by atoms with van der Waals surface area (Å²) in [6, 6.07) is 11.3. The molecule has 0 bridgehead atoms. The molecule has 1 atom stereocenters. The largest absolute Gasteiger partial charge is 0.481 e. The van der Waals surface area contributed by atoms with Crippen LogP contribution >= 0.6 is 11.8 Å². The van der Waals surface area contributed by atoms with Gasteiger partial charge in [-0.2, -0.15) is 4.39 Å². The van der Waals surface area contributed by atoms with Gasteiger partial charge in [0.1, 0.15) is 17.4 Å². The molecule has 11 heteroatoms. The van der Waals surface area contributed by atoms with Crippen LogP contribution in [-0.4, -0.2) is 38.9 Å². The number of aromatic nitrogens is 3. The van der Waals surface area contributed by atoms with Gasteiger partial charge in [0.15, 0.2) is 11.6 Å². The Morgan fingerprint density at radius 1 is 1.17 bits per heavy atom. The van der Waals surface area contributed by atoms with Gasteiger partial charge in [-0.25, -0.2) is 13.8 Å². The maximum atomic E-state index is 15.1. The Morgan fingerprint density at radius 3 is 2.79 bits per heavy atom. The molecule has 7 nitrogen and oxygen atoms in total. The van der Waals surface area contributed by atoms with Crippen LogP contribution in [0.2, 0.25) is 0 Å². The standard InChI is InChI=1S/C31H26F3N3O4S/c1-31(15-40-14-20-16(6-9-24(38)39)4-3-5-21(20)31)23-13-36-30(37-23)19-12-17(7-8-22(19)32)41-28-26(34)25(33)27-18(10-11-35-27)29(28)42-2/h3-5,7-8,10-13,35H,6,9,14-15H2,1-2H3,(H,36,37)(H,38,39)/t31-/m1/s1. The Balaban J connectivity index is 1.35. The van der Waals surface area contributed by atoms with E-state index in [0.717, 1.165) is 16.7 Å². The van der Waals surface area contributed by atoms with Crippen LogP contribution in [0, 0.1) is 17.5 Å². The fraction of sp³-hybridized carbons (Fsp3) is 0.226. The van der Waals surface area contributed by atoms with E-state index in [0.29, 0.717) is 35.6 Å². The van der Waals surface area contributed by atoms with E-state index in [-0.39, 0.29) is 34.8 Å². The predicted molar refractivity (Wildman–Crippen MR) is 153 cm³/mol. The second kappa shape index (κ2) is 10.9. The molecule has 0 saturated heterocycles. The monoisotopic (exact) mass is 593 g/mol. The lowest BCUT2D eigenvalue weighted by molar-refractivity contribution is -0.136. The number of carboxylic acid groups (broad SMARTS) is 1. The molecule has 3 aromatic carbocycles. The van der Waals surface area contributed by atoms with Crippen molar-refractivity contribution in [2.45, 2.75) is 36.7 Å². The van der Waals surface area contributed by atoms with Crippen LogP contribution in [-0.2, 0) is 28.0 Å². The molecule has 2 aromatic heterocycles. The summed E-state index contributed by atoms with van der Waals surface area (Å²) in [5.41, 5.74) is 2.85. The molecule has 0 radical (unpaired) electrons. The molecule has 0 aliphatic carbocycles. The molecule has 0 fully saturated rings. The highest BCUT2D eigenvalue weighted by molar-refractivity contribution is 7.99. The van der Waals surface area contributed by atoms with Crippen molar-refractivity contribution in [1.29, 1.82) is 0 Å². The average molecular weight is 594 g/mol. The van der Waals surface area contributed by atoms with Crippen LogP contribution in [0.5, 0.6) is 11.5 Å². The summed E-state index contributed by atoms with van der Waals surface area (Å²) in [5, 5.41) is 9.63. The number of carboxylic acids is 1. The molecular formula is C31H26F3N3O4S. The van der Waals surface area contributed by atoms with Crippen molar-refractivity contribution in [3.8, 4) is 22.9 Å². The number of aliphatic carboxylic acids is 1. The molecule has 1 aliphatic rings. The number of imidazole rings is 1. The highest BCUT2D eigenvalue weighted by atomic mass is 32.2. The molecular weight excluding hydrogens is 567 g/mol. The number of nitrogens with zero attached hydrogens (tertiary/aromatic N) is 1. The van der Waals surface area contributed by atoms with Gasteiger partial charge in [0.2, 0.25) is 5.82 Å². The Kier molecular flexibility index (Phi) is 7.24. The maximum absolute atomic E-state index is 15.1. The number of benzene rings is 3. The zero-order valence-electron chi connectivity index (χ0n) is 22.7. The van der Waals surface area contributed by atoms with Gasteiger partial charge in [0, 0.05) is 24.2 Å². The molecule has 6 rings (SSSR count). The molecule has 0 saturated carbocycles. The van der Waals surface area contributed by atoms with Gasteiger partial charge in [-0.1, -0.05) is 18.2 Å². The SMILES string of the molecule is CSc1c(Oc2ccc(F)c(-c3nc([C@]4(C)COCc5c(CCC(=O)O)cccc54)c[nH]3)c2)c(F)c(F)c2[nH]ccc12. The number of carbonyl (C=O) groups is 1. The van der Waals surface area contributed by atoms with Crippen molar-refractivity contribution in [1.82, 2.24) is 15.0 Å². The summed E-state index contributed by atoms with van der Waals surface area (Å²) < 4.78 is 56.7. The normalized spacial score (nSPS) is 16.5. The first-order valence-corrected chi connectivity index (χ1v) is 14.4. The topological polar surface area (TPSA) is 100 Å². The number of hydrogen-bond acceptors (Lipinski definition) is 5. The number of aryl methyl sites for hydroxylation is 1. The fourth-order valence-corrected chi connectivity index (χ4v) is 6.23. The lowest BCUT2D eigenvalue weighted by Crippen LogP contribution is -2.35. The van der Waals surface area contributed by atoms with E-state index in [4.69, 9.17) is 19.6 Å². The molecule has 3 heterocycles. The molecule has 0 unspecified atom stereocenters. The zero-order valence-corrected chi connectivity index (χ0v) is 23.5. The van der Waals surface area contributed by atoms with Crippen LogP contribution in [0.1, 0.15) is 35.7 Å². The summed E-state index contributed by atoms with van der Waals surface area (Å²) in [6.07, 6.45) is 5.32. The molecule has 0 spiro atoms. The Bertz CT molecular complexity index is 1840. The summed E-state index contributed by atoms with van der Waals surface area (Å²) in [6.45, 7) is 2.65. The number of fused-ring (bicyclic) bond motifs is 2. The number of ether oxygens (including phenoxy) is 2. The highest BCUT2D eigenvalue weighted by Gasteiger charge is 2.38. The predicted octanol–water partition coefficient (Wildman–Crippen LogP) is 7.34. The number of H-pyrrole nitrogens is 2. The molecule has 42 heavy (non-hydrogen) atoms. The Hall–Kier alpha value is -4.22. The Morgan fingerprint density at radius 2 is 2.00 bits per heavy atom. The van der Waals surface area contributed by atoms with E-state index >= 15 is 8.78 Å². The lowest BCUT2D eigenvalue weighted by Gasteiger charge is -2.35. The number of halogens is 3. The van der Waals surface area contributed by atoms with Gasteiger partial charge in [-0.05, 0) is 60.6 Å². The van der Waals surface area contributed by atoms with Crippen molar-refractivity contribution in [2.75, 3.05) is 12.9 Å². The van der Waals surface area contributed by atoms with E-state index in [1.807, 2.05) is 25.1 Å². The van der Waals surface area contributed by atoms with E-state index in [2.05, 4.69) is 9.97 Å². The first-order chi connectivity index (χ1) is 20.2. The minimum absolute atomic E-state index is 0.00539. The van der Waals surface area contributed by atoms with Crippen molar-refractivity contribution >= 4 is 28.6 Å². The number of aromatic amines is 2. The smallest absolute Gasteiger partial charge is 0.303 e. The zero-order chi connectivity index (χ0) is 29.6. The summed E-state index contributed by atoms with van der Waals surface area (Å²) in [4.78, 5) is 22.0. The number of nitrogens with one attached hydrogen (secondary N) is 2. The third kappa shape index (κ3) is 4.72. The minimum Gasteiger partial charge on any atom is -0.481 e. The molecule has 1 aliphatic heterocycles. The second-order valence-electron chi connectivity index (χ2n) is 10.3. The van der Waals surface area contributed by atoms with Crippen molar-refractivity contribution < 1.29 is 32.5 Å². The molecule has 3 N–H and O–H groups in total. The lowest BCUT2D eigenvalue weighted by atomic mass is 9.75. The molecule has 5 aromatic rings. The summed E-state index contributed by atoms with van der Waals surface area (Å²) in [5.74, 6) is -3.62. The molecule has 216 valence electrons. The second-order valence-corrected chi connectivity index (χ2v) is 11.1. The minimum atomic E-state index is -1.15. The van der Waals surface area contributed by atoms with Gasteiger partial charge in [-0.3, -0.25) is 4.79 Å². The van der Waals surface area contributed by atoms with Crippen LogP contribution in [0.25, 0.3) is 22.3 Å². The van der Waals surface area contributed by atoms with Gasteiger partial charge in [-0.15, -0.1) is 11.8 Å². The third-order valence-electron chi connectivity index (χ3n) is 7.68. The average Bonchev–Trinajstić information content (AvgIpc) is 3.67. The fourth-order valence-electron chi connectivity index (χ4n) is 5.52. The van der Waals surface area contributed by atoms with Crippen molar-refractivity contribution in [3.63, 3.8) is 0 Å². The number of rotatable bonds is 8. The van der Waals surface area contributed by atoms with Crippen molar-refractivity contribution in [3.05, 3.63) is 94.7 Å². The number of thioether (sulfide) groups is 1. The van der Waals surface area contributed by atoms with Gasteiger partial charge >= 0.3 is 5.97 Å². The van der Waals surface area contributed by atoms with E-state index in [1.54, 1.807) is 18.5 Å². The highest BCUT2D eigenvalue weighted by Crippen LogP contribution is 2.43. The van der Waals surface area contributed by atoms with Crippen LogP contribution in [0.3, 0.4) is 0 Å². The van der Waals surface area contributed by atoms with E-state index in [9.17, 15) is 9.18 Å². The van der Waals surface area contributed by atoms with Gasteiger partial charge in [0.25, 0.3) is 0 Å². The van der Waals surface area contributed by atoms with E-state index in [1.165, 1.54) is 36.2 Å². The van der Waals surface area contributed by atoms with E-state index < -0.39 is 28.8 Å². The van der Waals surface area contributed by atoms with Gasteiger partial charge < -0.3 is 24.5 Å². The van der Waals surface area contributed by atoms with Crippen LogP contribution in [0.15, 0.2) is 59.8 Å². The maximum Gasteiger partial charge on any atom is 0.303 e. The Labute approximate surface area is 243 Å². The third-order valence-corrected chi connectivity index (χ3v) is 8.50.